The molecule has 1 aromatic rings. The van der Waals surface area contributed by atoms with E-state index in [1.165, 1.54) is 18.4 Å². The fourth-order valence-corrected chi connectivity index (χ4v) is 3.97. The van der Waals surface area contributed by atoms with Gasteiger partial charge in [0.2, 0.25) is 5.88 Å². The van der Waals surface area contributed by atoms with E-state index in [1.807, 2.05) is 37.2 Å². The smallest absolute Gasteiger partial charge is 0.208 e. The van der Waals surface area contributed by atoms with Gasteiger partial charge in [-0.15, -0.1) is 0 Å². The Labute approximate surface area is 195 Å². The number of carbonyl (C=O) groups is 1. The number of aromatic nitrogens is 1. The van der Waals surface area contributed by atoms with E-state index in [1.54, 1.807) is 6.20 Å². The lowest BCUT2D eigenvalue weighted by molar-refractivity contribution is 0.0928. The number of ketones is 1. The molecule has 3 N–H and O–H groups in total. The van der Waals surface area contributed by atoms with Gasteiger partial charge in [0.15, 0.2) is 5.78 Å². The van der Waals surface area contributed by atoms with Crippen molar-refractivity contribution in [3.05, 3.63) is 51.0 Å². The molecular formula is C25H35ClN4O2. The molecule has 1 aromatic heterocycles. The Balaban J connectivity index is 1.84. The first-order chi connectivity index (χ1) is 15.3. The molecule has 7 heteroatoms. The molecule has 1 unspecified atom stereocenters. The van der Waals surface area contributed by atoms with E-state index in [0.717, 1.165) is 41.5 Å². The largest absolute Gasteiger partial charge is 0.478 e. The third-order valence-corrected chi connectivity index (χ3v) is 6.34. The summed E-state index contributed by atoms with van der Waals surface area (Å²) in [6.07, 6.45) is 8.96. The molecule has 174 valence electrons. The van der Waals surface area contributed by atoms with Crippen LogP contribution in [0.4, 0.5) is 0 Å². The van der Waals surface area contributed by atoms with E-state index < -0.39 is 0 Å². The number of rotatable bonds is 10. The number of likely N-dealkylation sites (N-methyl/N-ethyl adjacent to an activating group) is 1. The molecule has 1 aliphatic heterocycles. The SMILES string of the molecule is CC/C(C)=c1/ccnc(C(=O)C(C)CN)/c1=C/NCC1=CC(Cl)=C(OCC2CC2)N(C)C1. The predicted octanol–water partition coefficient (Wildman–Crippen LogP) is 2.47. The molecule has 0 saturated heterocycles. The standard InChI is InChI=1S/C25H35ClN4O2/c1-5-16(2)20-8-9-29-23(24(31)17(3)11-27)21(20)13-28-12-19-10-22(26)25(30(4)14-19)32-15-18-6-7-18/h8-10,13,17-18,28H,5-7,11-12,14-15,27H2,1-4H3/b20-16-,21-13+. The van der Waals surface area contributed by atoms with Gasteiger partial charge in [-0.1, -0.05) is 31.0 Å². The molecule has 1 fully saturated rings. The van der Waals surface area contributed by atoms with Crippen LogP contribution in [0.3, 0.4) is 0 Å². The first-order valence-corrected chi connectivity index (χ1v) is 11.8. The molecule has 32 heavy (non-hydrogen) atoms. The number of hydrogen-bond acceptors (Lipinski definition) is 6. The summed E-state index contributed by atoms with van der Waals surface area (Å²) in [6.45, 7) is 8.40. The van der Waals surface area contributed by atoms with Crippen molar-refractivity contribution in [2.75, 3.05) is 33.3 Å². The Hall–Kier alpha value is -2.31. The fraction of sp³-hybridized carbons (Fsp3) is 0.520. The zero-order chi connectivity index (χ0) is 23.3. The monoisotopic (exact) mass is 458 g/mol. The number of nitrogens with one attached hydrogen (secondary N) is 1. The maximum Gasteiger partial charge on any atom is 0.208 e. The van der Waals surface area contributed by atoms with E-state index >= 15 is 0 Å². The van der Waals surface area contributed by atoms with Crippen molar-refractivity contribution in [3.63, 3.8) is 0 Å². The quantitative estimate of drug-likeness (QED) is 0.524. The van der Waals surface area contributed by atoms with Crippen LogP contribution < -0.4 is 21.5 Å². The third kappa shape index (κ3) is 5.93. The van der Waals surface area contributed by atoms with Crippen LogP contribution in [0.2, 0.25) is 0 Å². The second kappa shape index (κ2) is 11.0. The molecule has 6 nitrogen and oxygen atoms in total. The van der Waals surface area contributed by atoms with Gasteiger partial charge in [0.1, 0.15) is 10.7 Å². The fourth-order valence-electron chi connectivity index (χ4n) is 3.62. The summed E-state index contributed by atoms with van der Waals surface area (Å²) in [5.74, 6) is 1.11. The topological polar surface area (TPSA) is 80.5 Å². The lowest BCUT2D eigenvalue weighted by Gasteiger charge is -2.28. The summed E-state index contributed by atoms with van der Waals surface area (Å²) in [7, 11) is 1.99. The molecular weight excluding hydrogens is 424 g/mol. The highest BCUT2D eigenvalue weighted by molar-refractivity contribution is 6.31. The Morgan fingerprint density at radius 3 is 2.84 bits per heavy atom. The molecule has 1 aliphatic carbocycles. The summed E-state index contributed by atoms with van der Waals surface area (Å²) in [6, 6.07) is 1.97. The number of carbonyl (C=O) groups excluding carboxylic acids is 1. The third-order valence-electron chi connectivity index (χ3n) is 6.07. The van der Waals surface area contributed by atoms with Gasteiger partial charge in [-0.2, -0.15) is 0 Å². The number of ether oxygens (including phenoxy) is 1. The summed E-state index contributed by atoms with van der Waals surface area (Å²) in [5.41, 5.74) is 8.54. The van der Waals surface area contributed by atoms with Gasteiger partial charge < -0.3 is 20.7 Å². The second-order valence-corrected chi connectivity index (χ2v) is 9.25. The number of allylic oxidation sites excluding steroid dienone is 2. The molecule has 3 rings (SSSR count). The highest BCUT2D eigenvalue weighted by atomic mass is 35.5. The van der Waals surface area contributed by atoms with Gasteiger partial charge in [0, 0.05) is 50.2 Å². The minimum absolute atomic E-state index is 0.0358. The second-order valence-electron chi connectivity index (χ2n) is 8.85. The minimum Gasteiger partial charge on any atom is -0.478 e. The van der Waals surface area contributed by atoms with Crippen molar-refractivity contribution in [2.45, 2.75) is 40.0 Å². The number of nitrogens with two attached hydrogens (primary N) is 1. The zero-order valence-electron chi connectivity index (χ0n) is 19.6. The first kappa shape index (κ1) is 24.3. The lowest BCUT2D eigenvalue weighted by Crippen LogP contribution is -2.38. The van der Waals surface area contributed by atoms with Crippen molar-refractivity contribution in [3.8, 4) is 0 Å². The number of halogens is 1. The predicted molar refractivity (Wildman–Crippen MR) is 130 cm³/mol. The highest BCUT2D eigenvalue weighted by Gasteiger charge is 2.25. The van der Waals surface area contributed by atoms with Crippen molar-refractivity contribution >= 4 is 29.2 Å². The summed E-state index contributed by atoms with van der Waals surface area (Å²) in [4.78, 5) is 19.4. The minimum atomic E-state index is -0.278. The van der Waals surface area contributed by atoms with Gasteiger partial charge in [-0.05, 0) is 55.0 Å². The molecule has 2 aliphatic rings. The Kier molecular flexibility index (Phi) is 8.38. The summed E-state index contributed by atoms with van der Waals surface area (Å²) in [5, 5.41) is 5.86. The Bertz CT molecular complexity index is 1030. The molecule has 0 spiro atoms. The van der Waals surface area contributed by atoms with Crippen LogP contribution in [0.5, 0.6) is 0 Å². The average molecular weight is 459 g/mol. The molecule has 1 saturated carbocycles. The van der Waals surface area contributed by atoms with Crippen LogP contribution in [0.15, 0.2) is 34.8 Å². The van der Waals surface area contributed by atoms with Gasteiger partial charge in [-0.3, -0.25) is 9.78 Å². The van der Waals surface area contributed by atoms with Crippen LogP contribution in [-0.2, 0) is 4.74 Å². The van der Waals surface area contributed by atoms with E-state index in [-0.39, 0.29) is 11.7 Å². The van der Waals surface area contributed by atoms with Gasteiger partial charge >= 0.3 is 0 Å². The van der Waals surface area contributed by atoms with Crippen molar-refractivity contribution in [1.82, 2.24) is 15.2 Å². The van der Waals surface area contributed by atoms with Gasteiger partial charge in [0.25, 0.3) is 0 Å². The maximum atomic E-state index is 12.9. The molecule has 2 heterocycles. The first-order valence-electron chi connectivity index (χ1n) is 11.4. The Morgan fingerprint density at radius 2 is 2.22 bits per heavy atom. The molecule has 0 bridgehead atoms. The summed E-state index contributed by atoms with van der Waals surface area (Å²) >= 11 is 6.50. The van der Waals surface area contributed by atoms with Gasteiger partial charge in [-0.25, -0.2) is 0 Å². The van der Waals surface area contributed by atoms with Crippen LogP contribution in [0.1, 0.15) is 50.5 Å². The van der Waals surface area contributed by atoms with Gasteiger partial charge in [0.05, 0.1) is 6.61 Å². The van der Waals surface area contributed by atoms with Crippen LogP contribution in [0.25, 0.3) is 11.8 Å². The van der Waals surface area contributed by atoms with E-state index in [2.05, 4.69) is 24.1 Å². The number of Topliss-reactive ketones (excluding diaryl/α,β-unsaturated/α-hetero) is 1. The number of nitrogens with zero attached hydrogens (tertiary/aromatic N) is 2. The van der Waals surface area contributed by atoms with E-state index in [0.29, 0.717) is 29.7 Å². The lowest BCUT2D eigenvalue weighted by atomic mass is 10.0. The number of hydrogen-bond donors (Lipinski definition) is 2. The Morgan fingerprint density at radius 1 is 1.47 bits per heavy atom. The van der Waals surface area contributed by atoms with Crippen molar-refractivity contribution in [1.29, 1.82) is 0 Å². The van der Waals surface area contributed by atoms with Crippen LogP contribution >= 0.6 is 11.6 Å². The average Bonchev–Trinajstić information content (AvgIpc) is 3.61. The molecule has 1 atom stereocenters. The van der Waals surface area contributed by atoms with Crippen molar-refractivity contribution in [2.24, 2.45) is 17.6 Å². The number of pyridine rings is 1. The van der Waals surface area contributed by atoms with Crippen LogP contribution in [0, 0.1) is 11.8 Å². The highest BCUT2D eigenvalue weighted by Crippen LogP contribution is 2.31. The van der Waals surface area contributed by atoms with E-state index in [4.69, 9.17) is 22.1 Å². The molecule has 0 radical (unpaired) electrons. The van der Waals surface area contributed by atoms with E-state index in [9.17, 15) is 4.79 Å². The van der Waals surface area contributed by atoms with Crippen molar-refractivity contribution < 1.29 is 9.53 Å². The molecule has 0 aromatic carbocycles. The molecule has 0 amide bonds. The normalized spacial score (nSPS) is 19.0. The maximum absolute atomic E-state index is 12.9. The van der Waals surface area contributed by atoms with Crippen LogP contribution in [-0.4, -0.2) is 49.0 Å². The zero-order valence-corrected chi connectivity index (χ0v) is 20.3. The summed E-state index contributed by atoms with van der Waals surface area (Å²) < 4.78 is 5.93.